The van der Waals surface area contributed by atoms with Crippen molar-refractivity contribution in [3.63, 3.8) is 0 Å². The number of aliphatic hydroxyl groups is 1. The second kappa shape index (κ2) is 4.86. The fraction of sp³-hybridized carbons (Fsp3) is 0.500. The zero-order valence-electron chi connectivity index (χ0n) is 9.92. The van der Waals surface area contributed by atoms with Crippen molar-refractivity contribution < 1.29 is 18.7 Å². The van der Waals surface area contributed by atoms with Crippen LogP contribution in [0.5, 0.6) is 0 Å². The lowest BCUT2D eigenvalue weighted by Crippen LogP contribution is -2.52. The standard InChI is InChI=1S/C10H11ClF2N4O2/c1-6-2-10(19,9(12)13)17(15-6)8(18)5-16-4-7(11)3-14-16/h3-4,9,19H,2,5H2,1H3/t10-/m1/s1. The van der Waals surface area contributed by atoms with E-state index in [4.69, 9.17) is 11.6 Å². The lowest BCUT2D eigenvalue weighted by atomic mass is 10.1. The Kier molecular flexibility index (Phi) is 3.55. The highest BCUT2D eigenvalue weighted by Gasteiger charge is 2.50. The second-order valence-corrected chi connectivity index (χ2v) is 4.69. The van der Waals surface area contributed by atoms with Crippen LogP contribution in [0.1, 0.15) is 13.3 Å². The highest BCUT2D eigenvalue weighted by Crippen LogP contribution is 2.31. The predicted molar refractivity (Wildman–Crippen MR) is 62.8 cm³/mol. The van der Waals surface area contributed by atoms with Gasteiger partial charge in [-0.15, -0.1) is 0 Å². The van der Waals surface area contributed by atoms with E-state index in [-0.39, 0.29) is 18.7 Å². The van der Waals surface area contributed by atoms with Crippen molar-refractivity contribution >= 4 is 23.2 Å². The number of rotatable bonds is 3. The van der Waals surface area contributed by atoms with Crippen molar-refractivity contribution in [2.45, 2.75) is 32.0 Å². The molecule has 6 nitrogen and oxygen atoms in total. The van der Waals surface area contributed by atoms with Gasteiger partial charge < -0.3 is 5.11 Å². The van der Waals surface area contributed by atoms with Crippen LogP contribution in [-0.2, 0) is 11.3 Å². The molecule has 2 heterocycles. The molecular weight excluding hydrogens is 282 g/mol. The van der Waals surface area contributed by atoms with Crippen LogP contribution < -0.4 is 0 Å². The summed E-state index contributed by atoms with van der Waals surface area (Å²) in [6.07, 6.45) is -0.810. The van der Waals surface area contributed by atoms with Gasteiger partial charge in [0.25, 0.3) is 12.3 Å². The van der Waals surface area contributed by atoms with E-state index in [1.165, 1.54) is 24.0 Å². The molecule has 1 aliphatic heterocycles. The molecule has 1 amide bonds. The monoisotopic (exact) mass is 292 g/mol. The van der Waals surface area contributed by atoms with Crippen LogP contribution in [0.25, 0.3) is 0 Å². The number of hydrogen-bond acceptors (Lipinski definition) is 4. The fourth-order valence-corrected chi connectivity index (χ4v) is 1.97. The number of nitrogens with zero attached hydrogens (tertiary/aromatic N) is 4. The highest BCUT2D eigenvalue weighted by molar-refractivity contribution is 6.30. The van der Waals surface area contributed by atoms with Crippen LogP contribution in [0.3, 0.4) is 0 Å². The largest absolute Gasteiger partial charge is 0.364 e. The van der Waals surface area contributed by atoms with Gasteiger partial charge in [-0.05, 0) is 6.92 Å². The van der Waals surface area contributed by atoms with Crippen molar-refractivity contribution in [1.29, 1.82) is 0 Å². The molecule has 2 rings (SSSR count). The average Bonchev–Trinajstić information content (AvgIpc) is 2.83. The highest BCUT2D eigenvalue weighted by atomic mass is 35.5. The first-order valence-corrected chi connectivity index (χ1v) is 5.76. The quantitative estimate of drug-likeness (QED) is 0.907. The van der Waals surface area contributed by atoms with Gasteiger partial charge in [0, 0.05) is 18.3 Å². The molecule has 19 heavy (non-hydrogen) atoms. The molecule has 1 atom stereocenters. The molecule has 0 unspecified atom stereocenters. The van der Waals surface area contributed by atoms with Crippen LogP contribution >= 0.6 is 11.6 Å². The molecular formula is C10H11ClF2N4O2. The van der Waals surface area contributed by atoms with Crippen LogP contribution in [0.15, 0.2) is 17.5 Å². The van der Waals surface area contributed by atoms with Crippen molar-refractivity contribution in [2.75, 3.05) is 0 Å². The summed E-state index contributed by atoms with van der Waals surface area (Å²) in [6, 6.07) is 0. The molecule has 0 saturated carbocycles. The molecule has 1 aromatic heterocycles. The Balaban J connectivity index is 2.17. The number of halogens is 3. The van der Waals surface area contributed by atoms with Gasteiger partial charge in [-0.2, -0.15) is 15.2 Å². The molecule has 0 fully saturated rings. The van der Waals surface area contributed by atoms with Gasteiger partial charge in [0.15, 0.2) is 0 Å². The van der Waals surface area contributed by atoms with Gasteiger partial charge in [0.05, 0.1) is 11.2 Å². The molecule has 0 bridgehead atoms. The molecule has 1 aromatic rings. The summed E-state index contributed by atoms with van der Waals surface area (Å²) < 4.78 is 27.0. The van der Waals surface area contributed by atoms with Gasteiger partial charge in [0.1, 0.15) is 6.54 Å². The first-order chi connectivity index (χ1) is 8.83. The molecule has 0 aliphatic carbocycles. The van der Waals surface area contributed by atoms with Crippen LogP contribution in [0.2, 0.25) is 5.02 Å². The van der Waals surface area contributed by atoms with Gasteiger partial charge in [-0.25, -0.2) is 8.78 Å². The Morgan fingerprint density at radius 3 is 2.89 bits per heavy atom. The summed E-state index contributed by atoms with van der Waals surface area (Å²) in [5.41, 5.74) is -2.33. The summed E-state index contributed by atoms with van der Waals surface area (Å²) in [7, 11) is 0. The SMILES string of the molecule is CC1=NN(C(=O)Cn2cc(Cl)cn2)[C@](O)(C(F)F)C1. The molecule has 0 radical (unpaired) electrons. The van der Waals surface area contributed by atoms with E-state index in [1.807, 2.05) is 0 Å². The average molecular weight is 293 g/mol. The summed E-state index contributed by atoms with van der Waals surface area (Å²) >= 11 is 5.63. The van der Waals surface area contributed by atoms with E-state index in [0.29, 0.717) is 10.0 Å². The predicted octanol–water partition coefficient (Wildman–Crippen LogP) is 1.10. The zero-order chi connectivity index (χ0) is 14.2. The lowest BCUT2D eigenvalue weighted by Gasteiger charge is -2.29. The minimum atomic E-state index is -3.11. The minimum absolute atomic E-state index is 0.259. The third-order valence-electron chi connectivity index (χ3n) is 2.64. The number of amides is 1. The van der Waals surface area contributed by atoms with Crippen LogP contribution in [0, 0.1) is 0 Å². The van der Waals surface area contributed by atoms with Gasteiger partial charge in [0.2, 0.25) is 5.72 Å². The number of carbonyl (C=O) groups is 1. The maximum atomic E-state index is 12.9. The molecule has 0 spiro atoms. The molecule has 104 valence electrons. The summed E-state index contributed by atoms with van der Waals surface area (Å²) in [4.78, 5) is 11.9. The van der Waals surface area contributed by atoms with Gasteiger partial charge in [-0.3, -0.25) is 9.48 Å². The maximum absolute atomic E-state index is 12.9. The van der Waals surface area contributed by atoms with Crippen molar-refractivity contribution in [1.82, 2.24) is 14.8 Å². The van der Waals surface area contributed by atoms with Crippen LogP contribution in [0.4, 0.5) is 8.78 Å². The summed E-state index contributed by atoms with van der Waals surface area (Å²) in [5.74, 6) is -0.792. The molecule has 1 N–H and O–H groups in total. The first kappa shape index (κ1) is 13.9. The first-order valence-electron chi connectivity index (χ1n) is 5.38. The minimum Gasteiger partial charge on any atom is -0.364 e. The number of hydrazone groups is 1. The van der Waals surface area contributed by atoms with E-state index in [2.05, 4.69) is 10.2 Å². The van der Waals surface area contributed by atoms with Crippen molar-refractivity contribution in [3.8, 4) is 0 Å². The topological polar surface area (TPSA) is 70.7 Å². The number of hydrogen-bond donors (Lipinski definition) is 1. The summed E-state index contributed by atoms with van der Waals surface area (Å²) in [5, 5.41) is 18.0. The van der Waals surface area contributed by atoms with Crippen molar-refractivity contribution in [2.24, 2.45) is 5.10 Å². The Labute approximate surface area is 112 Å². The zero-order valence-corrected chi connectivity index (χ0v) is 10.7. The Morgan fingerprint density at radius 2 is 2.37 bits per heavy atom. The van der Waals surface area contributed by atoms with Crippen molar-refractivity contribution in [3.05, 3.63) is 17.4 Å². The molecule has 9 heteroatoms. The number of carbonyl (C=O) groups excluding carboxylic acids is 1. The second-order valence-electron chi connectivity index (χ2n) is 4.25. The van der Waals surface area contributed by atoms with E-state index < -0.39 is 18.1 Å². The molecule has 1 aliphatic rings. The normalized spacial score (nSPS) is 23.1. The van der Waals surface area contributed by atoms with Gasteiger partial charge >= 0.3 is 0 Å². The smallest absolute Gasteiger partial charge is 0.287 e. The molecule has 0 aromatic carbocycles. The third-order valence-corrected chi connectivity index (χ3v) is 2.83. The third kappa shape index (κ3) is 2.59. The number of aromatic nitrogens is 2. The van der Waals surface area contributed by atoms with E-state index >= 15 is 0 Å². The number of alkyl halides is 2. The van der Waals surface area contributed by atoms with E-state index in [1.54, 1.807) is 0 Å². The fourth-order valence-electron chi connectivity index (χ4n) is 1.82. The molecule has 0 saturated heterocycles. The Morgan fingerprint density at radius 1 is 1.68 bits per heavy atom. The Bertz CT molecular complexity index is 533. The summed E-state index contributed by atoms with van der Waals surface area (Å²) in [6.45, 7) is 1.13. The van der Waals surface area contributed by atoms with E-state index in [9.17, 15) is 18.7 Å². The lowest BCUT2D eigenvalue weighted by molar-refractivity contribution is -0.192. The van der Waals surface area contributed by atoms with Gasteiger partial charge in [-0.1, -0.05) is 11.6 Å². The maximum Gasteiger partial charge on any atom is 0.287 e. The Hall–Kier alpha value is -1.54. The van der Waals surface area contributed by atoms with E-state index in [0.717, 1.165) is 0 Å². The van der Waals surface area contributed by atoms with Crippen LogP contribution in [-0.4, -0.2) is 43.7 Å².